The van der Waals surface area contributed by atoms with E-state index in [1.165, 1.54) is 12.1 Å². The zero-order chi connectivity index (χ0) is 16.8. The molecule has 0 aliphatic rings. The molecule has 5 nitrogen and oxygen atoms in total. The normalized spacial score (nSPS) is 10.2. The number of anilines is 1. The second-order valence-corrected chi connectivity index (χ2v) is 6.31. The van der Waals surface area contributed by atoms with E-state index in [9.17, 15) is 14.7 Å². The van der Waals surface area contributed by atoms with Gasteiger partial charge in [0.15, 0.2) is 6.61 Å². The summed E-state index contributed by atoms with van der Waals surface area (Å²) in [5.41, 5.74) is 0.625. The molecule has 0 aliphatic carbocycles. The monoisotopic (exact) mass is 395 g/mol. The van der Waals surface area contributed by atoms with Crippen LogP contribution in [-0.4, -0.2) is 29.8 Å². The van der Waals surface area contributed by atoms with Crippen molar-refractivity contribution in [2.45, 2.75) is 4.90 Å². The molecule has 2 aromatic rings. The number of phenols is 1. The lowest BCUT2D eigenvalue weighted by Gasteiger charge is -2.08. The Balaban J connectivity index is 1.93. The van der Waals surface area contributed by atoms with E-state index in [0.29, 0.717) is 10.2 Å². The minimum atomic E-state index is -0.767. The van der Waals surface area contributed by atoms with Gasteiger partial charge in [-0.1, -0.05) is 22.0 Å². The predicted molar refractivity (Wildman–Crippen MR) is 92.9 cm³/mol. The maximum absolute atomic E-state index is 11.9. The van der Waals surface area contributed by atoms with Gasteiger partial charge in [-0.3, -0.25) is 4.79 Å². The van der Waals surface area contributed by atoms with Crippen LogP contribution in [0.4, 0.5) is 5.69 Å². The van der Waals surface area contributed by atoms with Gasteiger partial charge in [-0.2, -0.15) is 0 Å². The molecule has 2 N–H and O–H groups in total. The summed E-state index contributed by atoms with van der Waals surface area (Å²) in [7, 11) is 0. The lowest BCUT2D eigenvalue weighted by molar-refractivity contribution is -0.119. The van der Waals surface area contributed by atoms with Crippen molar-refractivity contribution in [2.24, 2.45) is 0 Å². The second kappa shape index (κ2) is 8.03. The Morgan fingerprint density at radius 3 is 2.78 bits per heavy atom. The summed E-state index contributed by atoms with van der Waals surface area (Å²) in [5.74, 6) is -1.42. The fourth-order valence-corrected chi connectivity index (χ4v) is 2.60. The van der Waals surface area contributed by atoms with Crippen LogP contribution in [0.5, 0.6) is 5.75 Å². The van der Waals surface area contributed by atoms with Crippen LogP contribution in [-0.2, 0) is 9.53 Å². The minimum absolute atomic E-state index is 0.00319. The predicted octanol–water partition coefficient (Wildman–Crippen LogP) is 3.67. The van der Waals surface area contributed by atoms with Gasteiger partial charge in [0.1, 0.15) is 11.3 Å². The van der Waals surface area contributed by atoms with Gasteiger partial charge in [-0.05, 0) is 42.7 Å². The summed E-state index contributed by atoms with van der Waals surface area (Å²) in [6.07, 6.45) is 1.94. The highest BCUT2D eigenvalue weighted by Gasteiger charge is 2.15. The van der Waals surface area contributed by atoms with Crippen LogP contribution in [0.2, 0.25) is 0 Å². The second-order valence-electron chi connectivity index (χ2n) is 4.52. The number of carbonyl (C=O) groups excluding carboxylic acids is 2. The fourth-order valence-electron chi connectivity index (χ4n) is 1.78. The van der Waals surface area contributed by atoms with E-state index in [2.05, 4.69) is 21.2 Å². The number of ether oxygens (including phenoxy) is 1. The van der Waals surface area contributed by atoms with Crippen LogP contribution in [0.1, 0.15) is 10.4 Å². The van der Waals surface area contributed by atoms with Gasteiger partial charge < -0.3 is 15.2 Å². The third-order valence-electron chi connectivity index (χ3n) is 2.87. The number of halogens is 1. The van der Waals surface area contributed by atoms with Gasteiger partial charge >= 0.3 is 5.97 Å². The topological polar surface area (TPSA) is 75.6 Å². The van der Waals surface area contributed by atoms with Gasteiger partial charge in [0.05, 0.1) is 0 Å². The van der Waals surface area contributed by atoms with Crippen molar-refractivity contribution in [1.29, 1.82) is 0 Å². The van der Waals surface area contributed by atoms with Crippen molar-refractivity contribution in [1.82, 2.24) is 0 Å². The van der Waals surface area contributed by atoms with E-state index < -0.39 is 18.5 Å². The number of hydrogen-bond donors (Lipinski definition) is 2. The summed E-state index contributed by atoms with van der Waals surface area (Å²) < 4.78 is 5.54. The van der Waals surface area contributed by atoms with Crippen LogP contribution in [0, 0.1) is 0 Å². The standard InChI is InChI=1S/C16H14BrNO4S/c1-23-12-4-2-3-11(8-12)18-15(20)9-22-16(21)13-7-10(17)5-6-14(13)19/h2-8,19H,9H2,1H3,(H,18,20). The Kier molecular flexibility index (Phi) is 6.06. The van der Waals surface area contributed by atoms with Crippen LogP contribution in [0.15, 0.2) is 51.8 Å². The molecule has 0 aliphatic heterocycles. The van der Waals surface area contributed by atoms with Crippen LogP contribution in [0.3, 0.4) is 0 Å². The SMILES string of the molecule is CSc1cccc(NC(=O)COC(=O)c2cc(Br)ccc2O)c1. The molecule has 2 rings (SSSR count). The summed E-state index contributed by atoms with van der Waals surface area (Å²) in [5, 5.41) is 12.3. The third-order valence-corrected chi connectivity index (χ3v) is 4.08. The van der Waals surface area contributed by atoms with Gasteiger partial charge in [0.2, 0.25) is 0 Å². The van der Waals surface area contributed by atoms with E-state index in [0.717, 1.165) is 4.90 Å². The van der Waals surface area contributed by atoms with E-state index in [1.54, 1.807) is 23.9 Å². The number of rotatable bonds is 5. The first-order chi connectivity index (χ1) is 11.0. The average molecular weight is 396 g/mol. The summed E-state index contributed by atoms with van der Waals surface area (Å²) in [6, 6.07) is 11.7. The van der Waals surface area contributed by atoms with Crippen molar-refractivity contribution < 1.29 is 19.4 Å². The number of hydrogen-bond acceptors (Lipinski definition) is 5. The zero-order valence-electron chi connectivity index (χ0n) is 12.2. The molecule has 0 spiro atoms. The number of amides is 1. The molecule has 2 aromatic carbocycles. The van der Waals surface area contributed by atoms with E-state index >= 15 is 0 Å². The number of benzene rings is 2. The first kappa shape index (κ1) is 17.4. The van der Waals surface area contributed by atoms with Crippen LogP contribution in [0.25, 0.3) is 0 Å². The molecule has 0 atom stereocenters. The molecule has 1 amide bonds. The molecule has 7 heteroatoms. The Hall–Kier alpha value is -1.99. The summed E-state index contributed by atoms with van der Waals surface area (Å²) in [4.78, 5) is 24.7. The van der Waals surface area contributed by atoms with Crippen molar-refractivity contribution in [2.75, 3.05) is 18.2 Å². The first-order valence-electron chi connectivity index (χ1n) is 6.59. The zero-order valence-corrected chi connectivity index (χ0v) is 14.6. The molecular weight excluding hydrogens is 382 g/mol. The van der Waals surface area contributed by atoms with Crippen molar-refractivity contribution in [3.05, 3.63) is 52.5 Å². The molecule has 0 aromatic heterocycles. The molecule has 0 radical (unpaired) electrons. The Morgan fingerprint density at radius 2 is 2.04 bits per heavy atom. The molecule has 0 saturated heterocycles. The fraction of sp³-hybridized carbons (Fsp3) is 0.125. The maximum atomic E-state index is 11.9. The smallest absolute Gasteiger partial charge is 0.342 e. The van der Waals surface area contributed by atoms with Crippen LogP contribution < -0.4 is 5.32 Å². The quantitative estimate of drug-likeness (QED) is 0.596. The number of phenolic OH excluding ortho intramolecular Hbond substituents is 1. The van der Waals surface area contributed by atoms with Crippen molar-refractivity contribution in [3.8, 4) is 5.75 Å². The highest BCUT2D eigenvalue weighted by molar-refractivity contribution is 9.10. The lowest BCUT2D eigenvalue weighted by Crippen LogP contribution is -2.21. The lowest BCUT2D eigenvalue weighted by atomic mass is 10.2. The Labute approximate surface area is 146 Å². The van der Waals surface area contributed by atoms with E-state index in [4.69, 9.17) is 4.74 Å². The van der Waals surface area contributed by atoms with E-state index in [1.807, 2.05) is 24.5 Å². The highest BCUT2D eigenvalue weighted by atomic mass is 79.9. The van der Waals surface area contributed by atoms with Gasteiger partial charge in [-0.25, -0.2) is 4.79 Å². The average Bonchev–Trinajstić information content (AvgIpc) is 2.55. The molecule has 23 heavy (non-hydrogen) atoms. The molecule has 0 fully saturated rings. The number of esters is 1. The number of thioether (sulfide) groups is 1. The molecule has 0 saturated carbocycles. The van der Waals surface area contributed by atoms with Crippen LogP contribution >= 0.6 is 27.7 Å². The Bertz CT molecular complexity index is 736. The summed E-state index contributed by atoms with van der Waals surface area (Å²) in [6.45, 7) is -0.436. The number of aromatic hydroxyl groups is 1. The first-order valence-corrected chi connectivity index (χ1v) is 8.61. The molecular formula is C16H14BrNO4S. The van der Waals surface area contributed by atoms with Gasteiger partial charge in [0, 0.05) is 15.1 Å². The minimum Gasteiger partial charge on any atom is -0.507 e. The maximum Gasteiger partial charge on any atom is 0.342 e. The van der Waals surface area contributed by atoms with Crippen molar-refractivity contribution in [3.63, 3.8) is 0 Å². The molecule has 120 valence electrons. The summed E-state index contributed by atoms with van der Waals surface area (Å²) >= 11 is 4.76. The van der Waals surface area contributed by atoms with Gasteiger partial charge in [0.25, 0.3) is 5.91 Å². The molecule has 0 unspecified atom stereocenters. The number of carbonyl (C=O) groups is 2. The largest absolute Gasteiger partial charge is 0.507 e. The molecule has 0 heterocycles. The highest BCUT2D eigenvalue weighted by Crippen LogP contribution is 2.22. The molecule has 0 bridgehead atoms. The van der Waals surface area contributed by atoms with Gasteiger partial charge in [-0.15, -0.1) is 11.8 Å². The Morgan fingerprint density at radius 1 is 1.26 bits per heavy atom. The van der Waals surface area contributed by atoms with E-state index in [-0.39, 0.29) is 11.3 Å². The third kappa shape index (κ3) is 5.01. The number of nitrogens with one attached hydrogen (secondary N) is 1. The van der Waals surface area contributed by atoms with Crippen molar-refractivity contribution >= 4 is 45.3 Å².